The molecule has 2 unspecified atom stereocenters. The van der Waals surface area contributed by atoms with Gasteiger partial charge in [0.1, 0.15) is 17.5 Å². The molecule has 122 valence electrons. The number of aliphatic carboxylic acids is 1. The molecule has 1 heterocycles. The highest BCUT2D eigenvalue weighted by Gasteiger charge is 2.40. The molecule has 0 saturated carbocycles. The van der Waals surface area contributed by atoms with Crippen molar-refractivity contribution in [3.63, 3.8) is 0 Å². The van der Waals surface area contributed by atoms with Gasteiger partial charge in [0.15, 0.2) is 4.90 Å². The van der Waals surface area contributed by atoms with E-state index in [1.54, 1.807) is 0 Å². The summed E-state index contributed by atoms with van der Waals surface area (Å²) in [4.78, 5) is 9.77. The zero-order chi connectivity index (χ0) is 16.7. The fraction of sp³-hybridized carbons (Fsp3) is 0.462. The summed E-state index contributed by atoms with van der Waals surface area (Å²) in [5.41, 5.74) is 0. The van der Waals surface area contributed by atoms with Crippen molar-refractivity contribution in [1.29, 1.82) is 0 Å². The Balaban J connectivity index is 2.47. The highest BCUT2D eigenvalue weighted by Crippen LogP contribution is 2.31. The molecule has 0 bridgehead atoms. The Labute approximate surface area is 125 Å². The van der Waals surface area contributed by atoms with Crippen molar-refractivity contribution in [2.45, 2.75) is 30.7 Å². The summed E-state index contributed by atoms with van der Waals surface area (Å²) in [5, 5.41) is 9.00. The second-order valence-electron chi connectivity index (χ2n) is 5.23. The number of halogens is 3. The molecule has 0 radical (unpaired) electrons. The molecule has 1 aromatic rings. The zero-order valence-electron chi connectivity index (χ0n) is 11.6. The Morgan fingerprint density at radius 3 is 2.27 bits per heavy atom. The third-order valence-electron chi connectivity index (χ3n) is 3.70. The molecule has 1 fully saturated rings. The first-order valence-electron chi connectivity index (χ1n) is 6.53. The molecule has 1 saturated heterocycles. The summed E-state index contributed by atoms with van der Waals surface area (Å²) >= 11 is 0. The van der Waals surface area contributed by atoms with E-state index in [0.29, 0.717) is 0 Å². The van der Waals surface area contributed by atoms with Crippen molar-refractivity contribution in [2.24, 2.45) is 5.92 Å². The molecule has 1 aliphatic heterocycles. The van der Waals surface area contributed by atoms with E-state index in [4.69, 9.17) is 5.11 Å². The average molecular weight is 337 g/mol. The highest BCUT2D eigenvalue weighted by molar-refractivity contribution is 7.89. The Bertz CT molecular complexity index is 684. The molecule has 9 heteroatoms. The van der Waals surface area contributed by atoms with E-state index in [9.17, 15) is 26.4 Å². The minimum Gasteiger partial charge on any atom is -0.481 e. The number of hydrogen-bond acceptors (Lipinski definition) is 3. The van der Waals surface area contributed by atoms with Gasteiger partial charge in [-0.25, -0.2) is 21.6 Å². The molecule has 1 N–H and O–H groups in total. The maximum absolute atomic E-state index is 13.7. The van der Waals surface area contributed by atoms with Crippen LogP contribution in [0.1, 0.15) is 19.8 Å². The number of benzene rings is 1. The van der Waals surface area contributed by atoms with Gasteiger partial charge in [-0.05, 0) is 19.8 Å². The second kappa shape index (κ2) is 5.88. The number of sulfonamides is 1. The molecule has 0 aliphatic carbocycles. The number of carboxylic acids is 1. The first-order chi connectivity index (χ1) is 10.1. The number of hydrogen-bond donors (Lipinski definition) is 1. The van der Waals surface area contributed by atoms with Gasteiger partial charge in [-0.2, -0.15) is 4.31 Å². The van der Waals surface area contributed by atoms with Crippen LogP contribution >= 0.6 is 0 Å². The standard InChI is InChI=1S/C13H14F3NO4S/c1-7-2-3-8(13(18)19)6-17(7)22(20,21)12-10(15)4-9(14)5-11(12)16/h4-5,7-8H,2-3,6H2,1H3,(H,18,19). The third-order valence-corrected chi connectivity index (χ3v) is 5.74. The lowest BCUT2D eigenvalue weighted by molar-refractivity contribution is -0.143. The van der Waals surface area contributed by atoms with Gasteiger partial charge >= 0.3 is 5.97 Å². The quantitative estimate of drug-likeness (QED) is 0.915. The van der Waals surface area contributed by atoms with E-state index < -0.39 is 50.3 Å². The van der Waals surface area contributed by atoms with Gasteiger partial charge in [0.2, 0.25) is 10.0 Å². The highest BCUT2D eigenvalue weighted by atomic mass is 32.2. The lowest BCUT2D eigenvalue weighted by Gasteiger charge is -2.35. The number of nitrogens with zero attached hydrogens (tertiary/aromatic N) is 1. The van der Waals surface area contributed by atoms with Gasteiger partial charge in [-0.1, -0.05) is 0 Å². The van der Waals surface area contributed by atoms with Crippen LogP contribution in [0.15, 0.2) is 17.0 Å². The molecule has 0 amide bonds. The molecule has 2 atom stereocenters. The minimum atomic E-state index is -4.60. The zero-order valence-corrected chi connectivity index (χ0v) is 12.4. The Hall–Kier alpha value is -1.61. The average Bonchev–Trinajstić information content (AvgIpc) is 2.36. The van der Waals surface area contributed by atoms with Crippen LogP contribution in [-0.4, -0.2) is 36.4 Å². The minimum absolute atomic E-state index is 0.251. The summed E-state index contributed by atoms with van der Waals surface area (Å²) in [6.45, 7) is 1.14. The van der Waals surface area contributed by atoms with Crippen molar-refractivity contribution in [2.75, 3.05) is 6.54 Å². The predicted molar refractivity (Wildman–Crippen MR) is 70.0 cm³/mol. The lowest BCUT2D eigenvalue weighted by Crippen LogP contribution is -2.47. The molecule has 2 rings (SSSR count). The van der Waals surface area contributed by atoms with Crippen LogP contribution < -0.4 is 0 Å². The van der Waals surface area contributed by atoms with Gasteiger partial charge in [0.05, 0.1) is 5.92 Å². The summed E-state index contributed by atoms with van der Waals surface area (Å²) in [5.74, 6) is -6.43. The Morgan fingerprint density at radius 1 is 1.23 bits per heavy atom. The summed E-state index contributed by atoms with van der Waals surface area (Å²) < 4.78 is 66.1. The maximum Gasteiger partial charge on any atom is 0.307 e. The van der Waals surface area contributed by atoms with Crippen LogP contribution in [0.2, 0.25) is 0 Å². The molecule has 1 aromatic carbocycles. The molecule has 0 aromatic heterocycles. The van der Waals surface area contributed by atoms with Crippen molar-refractivity contribution in [3.8, 4) is 0 Å². The van der Waals surface area contributed by atoms with Crippen LogP contribution in [-0.2, 0) is 14.8 Å². The first kappa shape index (κ1) is 16.8. The van der Waals surface area contributed by atoms with Crippen molar-refractivity contribution >= 4 is 16.0 Å². The number of carbonyl (C=O) groups is 1. The summed E-state index contributed by atoms with van der Waals surface area (Å²) in [6.07, 6.45) is 0.525. The summed E-state index contributed by atoms with van der Waals surface area (Å²) in [6, 6.07) is -0.0529. The van der Waals surface area contributed by atoms with Crippen LogP contribution in [0, 0.1) is 23.4 Å². The van der Waals surface area contributed by atoms with Crippen molar-refractivity contribution < 1.29 is 31.5 Å². The van der Waals surface area contributed by atoms with Crippen molar-refractivity contribution in [3.05, 3.63) is 29.6 Å². The number of rotatable bonds is 3. The topological polar surface area (TPSA) is 74.7 Å². The van der Waals surface area contributed by atoms with E-state index in [2.05, 4.69) is 0 Å². The van der Waals surface area contributed by atoms with Crippen LogP contribution in [0.5, 0.6) is 0 Å². The van der Waals surface area contributed by atoms with Gasteiger partial charge in [-0.15, -0.1) is 0 Å². The molecule has 22 heavy (non-hydrogen) atoms. The van der Waals surface area contributed by atoms with E-state index >= 15 is 0 Å². The van der Waals surface area contributed by atoms with Gasteiger partial charge in [0.25, 0.3) is 0 Å². The molecule has 0 spiro atoms. The SMILES string of the molecule is CC1CCC(C(=O)O)CN1S(=O)(=O)c1c(F)cc(F)cc1F. The molecular formula is C13H14F3NO4S. The molecule has 1 aliphatic rings. The third kappa shape index (κ3) is 2.95. The van der Waals surface area contributed by atoms with Crippen LogP contribution in [0.4, 0.5) is 13.2 Å². The predicted octanol–water partition coefficient (Wildman–Crippen LogP) is 1.98. The fourth-order valence-electron chi connectivity index (χ4n) is 2.50. The summed E-state index contributed by atoms with van der Waals surface area (Å²) in [7, 11) is -4.60. The normalized spacial score (nSPS) is 23.5. The number of carboxylic acid groups (broad SMARTS) is 1. The van der Waals surface area contributed by atoms with Gasteiger partial charge < -0.3 is 5.11 Å². The van der Waals surface area contributed by atoms with E-state index in [1.165, 1.54) is 6.92 Å². The fourth-order valence-corrected chi connectivity index (χ4v) is 4.30. The maximum atomic E-state index is 13.7. The van der Waals surface area contributed by atoms with Gasteiger partial charge in [0, 0.05) is 24.7 Å². The Morgan fingerprint density at radius 2 is 1.77 bits per heavy atom. The van der Waals surface area contributed by atoms with E-state index in [-0.39, 0.29) is 31.5 Å². The Kier molecular flexibility index (Phi) is 4.48. The number of piperidine rings is 1. The largest absolute Gasteiger partial charge is 0.481 e. The van der Waals surface area contributed by atoms with Crippen molar-refractivity contribution in [1.82, 2.24) is 4.31 Å². The molecular weight excluding hydrogens is 323 g/mol. The lowest BCUT2D eigenvalue weighted by atomic mass is 9.96. The van der Waals surface area contributed by atoms with Gasteiger partial charge in [-0.3, -0.25) is 4.79 Å². The smallest absolute Gasteiger partial charge is 0.307 e. The second-order valence-corrected chi connectivity index (χ2v) is 7.06. The van der Waals surface area contributed by atoms with E-state index in [0.717, 1.165) is 4.31 Å². The van der Waals surface area contributed by atoms with Crippen LogP contribution in [0.3, 0.4) is 0 Å². The van der Waals surface area contributed by atoms with Crippen LogP contribution in [0.25, 0.3) is 0 Å². The first-order valence-corrected chi connectivity index (χ1v) is 7.97. The molecule has 5 nitrogen and oxygen atoms in total. The van der Waals surface area contributed by atoms with E-state index in [1.807, 2.05) is 0 Å². The monoisotopic (exact) mass is 337 g/mol.